The van der Waals surface area contributed by atoms with Crippen LogP contribution in [-0.2, 0) is 10.8 Å². The number of nitrogens with zero attached hydrogens (tertiary/aromatic N) is 2. The Morgan fingerprint density at radius 3 is 1.67 bits per heavy atom. The van der Waals surface area contributed by atoms with Gasteiger partial charge in [-0.25, -0.2) is 0 Å². The van der Waals surface area contributed by atoms with Gasteiger partial charge < -0.3 is 9.47 Å². The molecular formula is C80H66N2. The minimum Gasteiger partial charge on any atom is -0.310 e. The first kappa shape index (κ1) is 48.9. The van der Waals surface area contributed by atoms with Crippen molar-refractivity contribution in [2.24, 2.45) is 0 Å². The molecule has 0 N–H and O–H groups in total. The molecule has 1 heterocycles. The first-order valence-corrected chi connectivity index (χ1v) is 30.2. The summed E-state index contributed by atoms with van der Waals surface area (Å²) in [6.07, 6.45) is 9.24. The van der Waals surface area contributed by atoms with E-state index in [9.17, 15) is 0 Å². The van der Waals surface area contributed by atoms with Crippen LogP contribution in [0.5, 0.6) is 0 Å². The van der Waals surface area contributed by atoms with Crippen molar-refractivity contribution in [3.8, 4) is 50.2 Å². The van der Waals surface area contributed by atoms with Crippen LogP contribution in [0.15, 0.2) is 267 Å². The third kappa shape index (κ3) is 7.67. The van der Waals surface area contributed by atoms with Crippen LogP contribution in [0, 0.1) is 6.92 Å². The minimum absolute atomic E-state index is 0.144. The van der Waals surface area contributed by atoms with Gasteiger partial charge in [-0.1, -0.05) is 226 Å². The maximum Gasteiger partial charge on any atom is 0.0542 e. The lowest BCUT2D eigenvalue weighted by atomic mass is 9.43. The van der Waals surface area contributed by atoms with Gasteiger partial charge in [0.2, 0.25) is 0 Å². The van der Waals surface area contributed by atoms with E-state index in [-0.39, 0.29) is 16.7 Å². The summed E-state index contributed by atoms with van der Waals surface area (Å²) in [5.41, 5.74) is 26.3. The number of hydrogen-bond acceptors (Lipinski definition) is 1. The van der Waals surface area contributed by atoms with Gasteiger partial charge in [0.25, 0.3) is 0 Å². The molecule has 2 nitrogen and oxygen atoms in total. The fraction of sp³-hybridized carbons (Fsp3) is 0.175. The van der Waals surface area contributed by atoms with Crippen molar-refractivity contribution < 1.29 is 0 Å². The van der Waals surface area contributed by atoms with E-state index in [1.807, 2.05) is 0 Å². The number of para-hydroxylation sites is 2. The standard InChI is InChI=1S/C80H66N2/c1-54-23-10-11-29-63(54)66-32-16-17-37-72(66)78-79-48-22-4-7-26-57-51-80(78,74-38-20-18-35-69(74)67-33-14-12-30-64(57)67)53-58(52-79)65-31-13-15-34-68(65)70-46-44-62(50-75(70)79)81(60-42-40-56(41-43-60)55-24-5-2-6-25-55)61-45-47-77-73(49-61)71-36-19-21-39-76(71)82(77)59-27-8-3-9-28-59/h2-3,5-6,8-21,23-25,27-47,49-50,57-58,78H,4,7,22,26,48,51-53H2,1H3. The summed E-state index contributed by atoms with van der Waals surface area (Å²) < 4.78 is 2.44. The molecule has 2 spiro atoms. The number of anilines is 3. The van der Waals surface area contributed by atoms with Gasteiger partial charge >= 0.3 is 0 Å². The average molecular weight is 1060 g/mol. The van der Waals surface area contributed by atoms with Crippen molar-refractivity contribution in [1.82, 2.24) is 4.57 Å². The van der Waals surface area contributed by atoms with E-state index < -0.39 is 0 Å². The Hall–Kier alpha value is -8.98. The van der Waals surface area contributed by atoms with Gasteiger partial charge in [-0.2, -0.15) is 0 Å². The van der Waals surface area contributed by atoms with Crippen molar-refractivity contribution in [3.63, 3.8) is 0 Å². The molecule has 5 unspecified atom stereocenters. The molecule has 12 aromatic rings. The minimum atomic E-state index is -0.270. The Morgan fingerprint density at radius 2 is 0.902 bits per heavy atom. The van der Waals surface area contributed by atoms with Crippen LogP contribution < -0.4 is 4.90 Å². The lowest BCUT2D eigenvalue weighted by Gasteiger charge is -2.59. The van der Waals surface area contributed by atoms with Gasteiger partial charge in [-0.15, -0.1) is 0 Å². The molecule has 2 fully saturated rings. The molecule has 2 saturated carbocycles. The first-order chi connectivity index (χ1) is 40.5. The largest absolute Gasteiger partial charge is 0.310 e. The second kappa shape index (κ2) is 19.6. The lowest BCUT2D eigenvalue weighted by Crippen LogP contribution is -2.53. The number of hydrogen-bond donors (Lipinski definition) is 0. The van der Waals surface area contributed by atoms with E-state index in [1.165, 1.54) is 126 Å². The van der Waals surface area contributed by atoms with E-state index in [4.69, 9.17) is 0 Å². The SMILES string of the molecule is Cc1ccccc1-c1ccccc1C1C23CCCCCC4CC1(CC(C2)c1ccccc1-c1ccc(N(c2ccc(-c5ccccc5)cc2)c2ccc5c(c2)c2ccccc2n5-c2ccccc2)cc13)c1ccccc1-c1ccccc14. The van der Waals surface area contributed by atoms with Crippen LogP contribution in [0.2, 0.25) is 0 Å². The molecule has 11 aromatic carbocycles. The topological polar surface area (TPSA) is 8.17 Å². The van der Waals surface area contributed by atoms with Gasteiger partial charge in [0.1, 0.15) is 0 Å². The smallest absolute Gasteiger partial charge is 0.0542 e. The van der Waals surface area contributed by atoms with Crippen molar-refractivity contribution in [3.05, 3.63) is 300 Å². The average Bonchev–Trinajstić information content (AvgIpc) is 3.55. The van der Waals surface area contributed by atoms with Crippen LogP contribution in [0.3, 0.4) is 0 Å². The molecule has 4 aliphatic carbocycles. The zero-order valence-corrected chi connectivity index (χ0v) is 46.7. The molecule has 396 valence electrons. The van der Waals surface area contributed by atoms with Crippen LogP contribution in [0.4, 0.5) is 17.1 Å². The molecule has 4 aliphatic rings. The third-order valence-electron chi connectivity index (χ3n) is 20.1. The molecular weight excluding hydrogens is 989 g/mol. The molecule has 5 atom stereocenters. The molecule has 0 radical (unpaired) electrons. The van der Waals surface area contributed by atoms with Crippen LogP contribution in [-0.4, -0.2) is 4.57 Å². The molecule has 0 saturated heterocycles. The zero-order valence-electron chi connectivity index (χ0n) is 46.7. The number of rotatable bonds is 7. The summed E-state index contributed by atoms with van der Waals surface area (Å²) in [6.45, 7) is 2.32. The summed E-state index contributed by atoms with van der Waals surface area (Å²) in [5.74, 6) is 0.907. The van der Waals surface area contributed by atoms with Crippen LogP contribution >= 0.6 is 0 Å². The molecule has 2 heteroatoms. The number of aryl methyl sites for hydroxylation is 1. The maximum atomic E-state index is 2.72. The predicted octanol–water partition coefficient (Wildman–Crippen LogP) is 21.5. The number of aromatic nitrogens is 1. The maximum absolute atomic E-state index is 2.72. The Kier molecular flexibility index (Phi) is 11.7. The Labute approximate surface area is 483 Å². The predicted molar refractivity (Wildman–Crippen MR) is 343 cm³/mol. The van der Waals surface area contributed by atoms with Crippen LogP contribution in [0.25, 0.3) is 72.0 Å². The molecule has 16 rings (SSSR count). The van der Waals surface area contributed by atoms with Crippen LogP contribution in [0.1, 0.15) is 103 Å². The summed E-state index contributed by atoms with van der Waals surface area (Å²) in [7, 11) is 0. The first-order valence-electron chi connectivity index (χ1n) is 30.2. The Morgan fingerprint density at radius 1 is 0.366 bits per heavy atom. The zero-order chi connectivity index (χ0) is 54.4. The summed E-state index contributed by atoms with van der Waals surface area (Å²) >= 11 is 0. The lowest BCUT2D eigenvalue weighted by molar-refractivity contribution is 0.0933. The normalized spacial score (nSPS) is 20.6. The van der Waals surface area contributed by atoms with Gasteiger partial charge in [0.15, 0.2) is 0 Å². The molecule has 0 amide bonds. The van der Waals surface area contributed by atoms with Gasteiger partial charge in [0, 0.05) is 50.3 Å². The second-order valence-corrected chi connectivity index (χ2v) is 24.3. The molecule has 1 aromatic heterocycles. The molecule has 0 aliphatic heterocycles. The highest BCUT2D eigenvalue weighted by molar-refractivity contribution is 6.10. The fourth-order valence-electron chi connectivity index (χ4n) is 16.9. The Balaban J connectivity index is 0.995. The fourth-order valence-corrected chi connectivity index (χ4v) is 16.9. The van der Waals surface area contributed by atoms with Crippen molar-refractivity contribution >= 4 is 38.9 Å². The summed E-state index contributed by atoms with van der Waals surface area (Å²) in [6, 6.07) is 103. The highest BCUT2D eigenvalue weighted by Crippen LogP contribution is 2.71. The molecule has 4 bridgehead atoms. The van der Waals surface area contributed by atoms with Gasteiger partial charge in [-0.05, 0) is 189 Å². The van der Waals surface area contributed by atoms with E-state index in [0.29, 0.717) is 11.8 Å². The van der Waals surface area contributed by atoms with Gasteiger partial charge in [-0.3, -0.25) is 0 Å². The summed E-state index contributed by atoms with van der Waals surface area (Å²) in [4.78, 5) is 2.58. The van der Waals surface area contributed by atoms with E-state index >= 15 is 0 Å². The molecule has 82 heavy (non-hydrogen) atoms. The van der Waals surface area contributed by atoms with Crippen molar-refractivity contribution in [1.29, 1.82) is 0 Å². The monoisotopic (exact) mass is 1050 g/mol. The van der Waals surface area contributed by atoms with E-state index in [0.717, 1.165) is 37.1 Å². The van der Waals surface area contributed by atoms with E-state index in [2.05, 4.69) is 283 Å². The summed E-state index contributed by atoms with van der Waals surface area (Å²) in [5, 5.41) is 2.49. The highest BCUT2D eigenvalue weighted by Gasteiger charge is 2.61. The highest BCUT2D eigenvalue weighted by atomic mass is 15.1. The number of benzene rings is 11. The second-order valence-electron chi connectivity index (χ2n) is 24.3. The van der Waals surface area contributed by atoms with Crippen molar-refractivity contribution in [2.75, 3.05) is 4.90 Å². The number of fused-ring (bicyclic) bond motifs is 13. The Bertz CT molecular complexity index is 4400. The van der Waals surface area contributed by atoms with Crippen molar-refractivity contribution in [2.45, 2.75) is 86.9 Å². The van der Waals surface area contributed by atoms with Gasteiger partial charge in [0.05, 0.1) is 11.0 Å². The quantitative estimate of drug-likeness (QED) is 0.154. The van der Waals surface area contributed by atoms with E-state index in [1.54, 1.807) is 11.1 Å². The third-order valence-corrected chi connectivity index (χ3v) is 20.1.